The molecule has 1 aliphatic rings. The third kappa shape index (κ3) is 3.87. The fraction of sp³-hybridized carbons (Fsp3) is 0.550. The lowest BCUT2D eigenvalue weighted by molar-refractivity contribution is 0.248. The lowest BCUT2D eigenvalue weighted by atomic mass is 10.2. The lowest BCUT2D eigenvalue weighted by Gasteiger charge is -2.34. The van der Waals surface area contributed by atoms with Crippen LogP contribution in [0.1, 0.15) is 13.8 Å². The van der Waals surface area contributed by atoms with Crippen LogP contribution in [0, 0.1) is 5.92 Å². The minimum Gasteiger partial charge on any atom is -0.338 e. The number of hydrogen-bond donors (Lipinski definition) is 0. The monoisotopic (exact) mass is 412 g/mol. The van der Waals surface area contributed by atoms with Gasteiger partial charge < -0.3 is 9.47 Å². The summed E-state index contributed by atoms with van der Waals surface area (Å²) in [5.74, 6) is 1.04. The Morgan fingerprint density at radius 1 is 1.00 bits per heavy atom. The van der Waals surface area contributed by atoms with Crippen LogP contribution in [0.2, 0.25) is 0 Å². The van der Waals surface area contributed by atoms with Crippen LogP contribution in [0.4, 0.5) is 5.95 Å². The molecule has 30 heavy (non-hydrogen) atoms. The standard InChI is InChI=1S/C20H28N8O2/c1-15(2)13-28-17-16(18(29)24(3)20(28)30)27(14-23-17)12-9-25-7-10-26(11-8-25)19-21-5-4-6-22-19/h4-6,14-15H,7-13H2,1-3H3. The van der Waals surface area contributed by atoms with Gasteiger partial charge in [-0.15, -0.1) is 0 Å². The van der Waals surface area contributed by atoms with E-state index in [1.54, 1.807) is 23.3 Å². The quantitative estimate of drug-likeness (QED) is 0.569. The van der Waals surface area contributed by atoms with Crippen LogP contribution < -0.4 is 16.1 Å². The van der Waals surface area contributed by atoms with E-state index in [1.165, 1.54) is 11.6 Å². The molecule has 0 aromatic carbocycles. The van der Waals surface area contributed by atoms with Gasteiger partial charge in [-0.05, 0) is 12.0 Å². The molecule has 0 amide bonds. The molecule has 1 saturated heterocycles. The van der Waals surface area contributed by atoms with Gasteiger partial charge in [0.1, 0.15) is 0 Å². The van der Waals surface area contributed by atoms with Crippen molar-refractivity contribution in [3.05, 3.63) is 45.6 Å². The molecule has 1 fully saturated rings. The van der Waals surface area contributed by atoms with Gasteiger partial charge >= 0.3 is 5.69 Å². The minimum absolute atomic E-state index is 0.276. The zero-order valence-electron chi connectivity index (χ0n) is 17.7. The van der Waals surface area contributed by atoms with Gasteiger partial charge in [-0.3, -0.25) is 18.8 Å². The molecule has 0 spiro atoms. The normalized spacial score (nSPS) is 15.4. The maximum Gasteiger partial charge on any atom is 0.332 e. The highest BCUT2D eigenvalue weighted by molar-refractivity contribution is 5.70. The highest BCUT2D eigenvalue weighted by Crippen LogP contribution is 2.12. The molecule has 3 aromatic rings. The van der Waals surface area contributed by atoms with Crippen molar-refractivity contribution in [1.82, 2.24) is 33.6 Å². The number of rotatable bonds is 6. The Hall–Kier alpha value is -3.01. The van der Waals surface area contributed by atoms with Crippen LogP contribution in [0.15, 0.2) is 34.4 Å². The van der Waals surface area contributed by atoms with Gasteiger partial charge in [0.2, 0.25) is 5.95 Å². The van der Waals surface area contributed by atoms with Crippen molar-refractivity contribution in [3.63, 3.8) is 0 Å². The first-order valence-electron chi connectivity index (χ1n) is 10.3. The molecule has 0 unspecified atom stereocenters. The average Bonchev–Trinajstić information content (AvgIpc) is 3.18. The molecule has 1 aliphatic heterocycles. The molecule has 3 aromatic heterocycles. The van der Waals surface area contributed by atoms with E-state index in [0.717, 1.165) is 38.7 Å². The highest BCUT2D eigenvalue weighted by atomic mass is 16.2. The van der Waals surface area contributed by atoms with Crippen LogP contribution in [-0.4, -0.2) is 66.3 Å². The summed E-state index contributed by atoms with van der Waals surface area (Å²) in [6.45, 7) is 9.61. The second kappa shape index (κ2) is 8.39. The summed E-state index contributed by atoms with van der Waals surface area (Å²) in [5.41, 5.74) is 0.362. The summed E-state index contributed by atoms with van der Waals surface area (Å²) in [6.07, 6.45) is 5.20. The molecule has 0 atom stereocenters. The predicted molar refractivity (Wildman–Crippen MR) is 115 cm³/mol. The molecule has 4 heterocycles. The molecule has 0 radical (unpaired) electrons. The number of piperazine rings is 1. The fourth-order valence-corrected chi connectivity index (χ4v) is 3.88. The number of fused-ring (bicyclic) bond motifs is 1. The Morgan fingerprint density at radius 3 is 2.37 bits per heavy atom. The maximum absolute atomic E-state index is 12.8. The van der Waals surface area contributed by atoms with Gasteiger partial charge in [-0.1, -0.05) is 13.8 Å². The number of imidazole rings is 1. The third-order valence-electron chi connectivity index (χ3n) is 5.51. The molecule has 0 bridgehead atoms. The van der Waals surface area contributed by atoms with E-state index in [-0.39, 0.29) is 17.2 Å². The van der Waals surface area contributed by atoms with Crippen molar-refractivity contribution in [2.45, 2.75) is 26.9 Å². The predicted octanol–water partition coefficient (Wildman–Crippen LogP) is 0.165. The van der Waals surface area contributed by atoms with E-state index in [2.05, 4.69) is 24.8 Å². The molecule has 10 heteroatoms. The van der Waals surface area contributed by atoms with Crippen LogP contribution >= 0.6 is 0 Å². The van der Waals surface area contributed by atoms with Gasteiger partial charge in [0, 0.05) is 65.3 Å². The lowest BCUT2D eigenvalue weighted by Crippen LogP contribution is -2.47. The van der Waals surface area contributed by atoms with Crippen LogP contribution in [-0.2, 0) is 20.1 Å². The first kappa shape index (κ1) is 20.3. The molecular formula is C20H28N8O2. The molecule has 160 valence electrons. The molecule has 10 nitrogen and oxygen atoms in total. The number of hydrogen-bond acceptors (Lipinski definition) is 7. The topological polar surface area (TPSA) is 94.1 Å². The summed E-state index contributed by atoms with van der Waals surface area (Å²) in [7, 11) is 1.53. The van der Waals surface area contributed by atoms with Crippen molar-refractivity contribution in [1.29, 1.82) is 0 Å². The number of aromatic nitrogens is 6. The molecule has 0 aliphatic carbocycles. The van der Waals surface area contributed by atoms with Crippen molar-refractivity contribution >= 4 is 17.1 Å². The summed E-state index contributed by atoms with van der Waals surface area (Å²) in [4.78, 5) is 42.9. The van der Waals surface area contributed by atoms with Crippen molar-refractivity contribution < 1.29 is 0 Å². The van der Waals surface area contributed by atoms with E-state index in [0.29, 0.717) is 24.3 Å². The second-order valence-corrected chi connectivity index (χ2v) is 8.14. The maximum atomic E-state index is 12.8. The van der Waals surface area contributed by atoms with E-state index in [1.807, 2.05) is 24.5 Å². The van der Waals surface area contributed by atoms with Crippen LogP contribution in [0.5, 0.6) is 0 Å². The summed E-state index contributed by atoms with van der Waals surface area (Å²) in [6, 6.07) is 1.82. The minimum atomic E-state index is -0.314. The Morgan fingerprint density at radius 2 is 1.70 bits per heavy atom. The van der Waals surface area contributed by atoms with Crippen molar-refractivity contribution in [3.8, 4) is 0 Å². The van der Waals surface area contributed by atoms with E-state index < -0.39 is 0 Å². The first-order valence-corrected chi connectivity index (χ1v) is 10.3. The Bertz CT molecular complexity index is 1120. The second-order valence-electron chi connectivity index (χ2n) is 8.14. The molecular weight excluding hydrogens is 384 g/mol. The fourth-order valence-electron chi connectivity index (χ4n) is 3.88. The number of nitrogens with zero attached hydrogens (tertiary/aromatic N) is 8. The van der Waals surface area contributed by atoms with Gasteiger partial charge in [-0.25, -0.2) is 19.7 Å². The van der Waals surface area contributed by atoms with Crippen molar-refractivity contribution in [2.24, 2.45) is 13.0 Å². The summed E-state index contributed by atoms with van der Waals surface area (Å²) in [5, 5.41) is 0. The van der Waals surface area contributed by atoms with Crippen LogP contribution in [0.3, 0.4) is 0 Å². The Balaban J connectivity index is 1.48. The average molecular weight is 412 g/mol. The van der Waals surface area contributed by atoms with Gasteiger partial charge in [-0.2, -0.15) is 0 Å². The van der Waals surface area contributed by atoms with Gasteiger partial charge in [0.25, 0.3) is 5.56 Å². The molecule has 0 saturated carbocycles. The van der Waals surface area contributed by atoms with Gasteiger partial charge in [0.15, 0.2) is 11.2 Å². The largest absolute Gasteiger partial charge is 0.338 e. The summed E-state index contributed by atoms with van der Waals surface area (Å²) >= 11 is 0. The van der Waals surface area contributed by atoms with E-state index >= 15 is 0 Å². The number of anilines is 1. The van der Waals surface area contributed by atoms with E-state index in [9.17, 15) is 9.59 Å². The van der Waals surface area contributed by atoms with Crippen LogP contribution in [0.25, 0.3) is 11.2 Å². The van der Waals surface area contributed by atoms with Crippen molar-refractivity contribution in [2.75, 3.05) is 37.6 Å². The zero-order valence-corrected chi connectivity index (χ0v) is 17.7. The first-order chi connectivity index (χ1) is 14.5. The van der Waals surface area contributed by atoms with E-state index in [4.69, 9.17) is 0 Å². The van der Waals surface area contributed by atoms with Gasteiger partial charge in [0.05, 0.1) is 6.33 Å². The smallest absolute Gasteiger partial charge is 0.332 e. The summed E-state index contributed by atoms with van der Waals surface area (Å²) < 4.78 is 4.67. The highest BCUT2D eigenvalue weighted by Gasteiger charge is 2.20. The Kier molecular flexibility index (Phi) is 5.67. The third-order valence-corrected chi connectivity index (χ3v) is 5.51. The SMILES string of the molecule is CC(C)Cn1c(=O)n(C)c(=O)c2c1ncn2CCN1CCN(c2ncccn2)CC1. The Labute approximate surface area is 174 Å². The molecule has 0 N–H and O–H groups in total. The zero-order chi connectivity index (χ0) is 21.3. The molecule has 4 rings (SSSR count).